The number of benzene rings is 1. The molecule has 2 rings (SSSR count). The molecule has 1 heterocycles. The third kappa shape index (κ3) is 1.58. The number of phenols is 1. The first kappa shape index (κ1) is 9.80. The number of nitrogens with zero attached hydrogens (tertiary/aromatic N) is 1. The van der Waals surface area contributed by atoms with Crippen LogP contribution in [0.4, 0.5) is 5.69 Å². The molecule has 0 radical (unpaired) electrons. The van der Waals surface area contributed by atoms with E-state index in [0.29, 0.717) is 5.69 Å². The molecule has 0 aliphatic heterocycles. The van der Waals surface area contributed by atoms with Crippen molar-refractivity contribution in [2.75, 3.05) is 5.73 Å². The summed E-state index contributed by atoms with van der Waals surface area (Å²) in [4.78, 5) is 3.92. The number of aromatic hydroxyl groups is 1. The molecule has 0 atom stereocenters. The molecule has 0 bridgehead atoms. The van der Waals surface area contributed by atoms with E-state index in [4.69, 9.17) is 5.73 Å². The molecule has 0 saturated carbocycles. The summed E-state index contributed by atoms with van der Waals surface area (Å²) in [6.07, 6.45) is 3.34. The van der Waals surface area contributed by atoms with Gasteiger partial charge in [0, 0.05) is 17.8 Å². The maximum atomic E-state index is 9.26. The predicted octanol–water partition coefficient (Wildman–Crippen LogP) is 2.10. The lowest BCUT2D eigenvalue weighted by Gasteiger charge is -2.02. The molecule has 4 heteroatoms. The Morgan fingerprint density at radius 2 is 2.00 bits per heavy atom. The van der Waals surface area contributed by atoms with Crippen LogP contribution in [0.5, 0.6) is 5.75 Å². The minimum absolute atomic E-state index is 0. The number of rotatable bonds is 0. The summed E-state index contributed by atoms with van der Waals surface area (Å²) in [6.45, 7) is 0. The standard InChI is InChI=1S/C9H8N2O.BrH/c10-9-7-5-11-4-3-6(7)1-2-8(9)12;/h1-5,12H,10H2;1H. The van der Waals surface area contributed by atoms with E-state index in [1.807, 2.05) is 12.1 Å². The van der Waals surface area contributed by atoms with Gasteiger partial charge < -0.3 is 10.8 Å². The van der Waals surface area contributed by atoms with E-state index in [1.165, 1.54) is 0 Å². The zero-order valence-corrected chi connectivity index (χ0v) is 8.48. The van der Waals surface area contributed by atoms with Crippen LogP contribution in [0.25, 0.3) is 10.8 Å². The van der Waals surface area contributed by atoms with Crippen LogP contribution >= 0.6 is 17.0 Å². The molecule has 0 spiro atoms. The zero-order valence-electron chi connectivity index (χ0n) is 6.77. The van der Waals surface area contributed by atoms with E-state index in [-0.39, 0.29) is 22.7 Å². The van der Waals surface area contributed by atoms with Gasteiger partial charge in [0.05, 0.1) is 5.69 Å². The van der Waals surface area contributed by atoms with Crippen molar-refractivity contribution in [1.29, 1.82) is 0 Å². The van der Waals surface area contributed by atoms with Crippen LogP contribution in [0.3, 0.4) is 0 Å². The third-order valence-corrected chi connectivity index (χ3v) is 1.84. The average molecular weight is 241 g/mol. The fourth-order valence-corrected chi connectivity index (χ4v) is 1.17. The summed E-state index contributed by atoms with van der Waals surface area (Å²) >= 11 is 0. The number of pyridine rings is 1. The monoisotopic (exact) mass is 240 g/mol. The van der Waals surface area contributed by atoms with Gasteiger partial charge in [-0.05, 0) is 17.5 Å². The van der Waals surface area contributed by atoms with Crippen molar-refractivity contribution < 1.29 is 5.11 Å². The number of hydrogen-bond acceptors (Lipinski definition) is 3. The van der Waals surface area contributed by atoms with Crippen molar-refractivity contribution in [3.05, 3.63) is 30.6 Å². The highest BCUT2D eigenvalue weighted by Crippen LogP contribution is 2.28. The second-order valence-electron chi connectivity index (χ2n) is 2.60. The number of hydrogen-bond donors (Lipinski definition) is 2. The van der Waals surface area contributed by atoms with Crippen molar-refractivity contribution >= 4 is 33.4 Å². The van der Waals surface area contributed by atoms with E-state index in [0.717, 1.165) is 10.8 Å². The van der Waals surface area contributed by atoms with Crippen LogP contribution in [0.1, 0.15) is 0 Å². The number of phenolic OH excluding ortho intramolecular Hbond substituents is 1. The molecule has 1 aromatic carbocycles. The van der Waals surface area contributed by atoms with Crippen LogP contribution in [-0.2, 0) is 0 Å². The molecule has 0 aliphatic carbocycles. The van der Waals surface area contributed by atoms with Gasteiger partial charge in [0.25, 0.3) is 0 Å². The van der Waals surface area contributed by atoms with Crippen LogP contribution in [0.15, 0.2) is 30.6 Å². The molecule has 2 aromatic rings. The molecular formula is C9H9BrN2O. The highest BCUT2D eigenvalue weighted by Gasteiger charge is 2.01. The van der Waals surface area contributed by atoms with Gasteiger partial charge in [-0.25, -0.2) is 0 Å². The predicted molar refractivity (Wildman–Crippen MR) is 58.1 cm³/mol. The Kier molecular flexibility index (Phi) is 2.72. The van der Waals surface area contributed by atoms with Crippen molar-refractivity contribution in [3.63, 3.8) is 0 Å². The van der Waals surface area contributed by atoms with E-state index in [1.54, 1.807) is 18.5 Å². The largest absolute Gasteiger partial charge is 0.506 e. The summed E-state index contributed by atoms with van der Waals surface area (Å²) in [6, 6.07) is 5.24. The topological polar surface area (TPSA) is 59.1 Å². The summed E-state index contributed by atoms with van der Waals surface area (Å²) in [7, 11) is 0. The molecule has 0 amide bonds. The van der Waals surface area contributed by atoms with E-state index < -0.39 is 0 Å². The van der Waals surface area contributed by atoms with E-state index >= 15 is 0 Å². The first-order chi connectivity index (χ1) is 5.79. The van der Waals surface area contributed by atoms with Crippen molar-refractivity contribution in [2.45, 2.75) is 0 Å². The first-order valence-corrected chi connectivity index (χ1v) is 3.60. The van der Waals surface area contributed by atoms with Crippen LogP contribution < -0.4 is 5.73 Å². The van der Waals surface area contributed by atoms with Gasteiger partial charge in [0.2, 0.25) is 0 Å². The summed E-state index contributed by atoms with van der Waals surface area (Å²) < 4.78 is 0. The Morgan fingerprint density at radius 3 is 2.77 bits per heavy atom. The zero-order chi connectivity index (χ0) is 8.55. The lowest BCUT2D eigenvalue weighted by atomic mass is 10.1. The number of anilines is 1. The van der Waals surface area contributed by atoms with Gasteiger partial charge in [-0.15, -0.1) is 17.0 Å². The Bertz CT molecular complexity index is 431. The van der Waals surface area contributed by atoms with Crippen LogP contribution in [0.2, 0.25) is 0 Å². The Hall–Kier alpha value is -1.29. The maximum Gasteiger partial charge on any atom is 0.139 e. The number of nitrogen functional groups attached to an aromatic ring is 1. The normalized spacial score (nSPS) is 9.54. The number of halogens is 1. The highest BCUT2D eigenvalue weighted by atomic mass is 79.9. The fourth-order valence-electron chi connectivity index (χ4n) is 1.17. The maximum absolute atomic E-state index is 9.26. The average Bonchev–Trinajstić information content (AvgIpc) is 2.12. The molecule has 3 N–H and O–H groups in total. The SMILES string of the molecule is Br.Nc1c(O)ccc2ccncc12. The lowest BCUT2D eigenvalue weighted by Crippen LogP contribution is -1.87. The molecule has 0 saturated heterocycles. The first-order valence-electron chi connectivity index (χ1n) is 3.60. The van der Waals surface area contributed by atoms with Gasteiger partial charge in [-0.2, -0.15) is 0 Å². The van der Waals surface area contributed by atoms with Gasteiger partial charge in [-0.3, -0.25) is 4.98 Å². The summed E-state index contributed by atoms with van der Waals surface area (Å²) in [5, 5.41) is 11.0. The van der Waals surface area contributed by atoms with Crippen molar-refractivity contribution in [2.24, 2.45) is 0 Å². The summed E-state index contributed by atoms with van der Waals surface area (Å²) in [5.41, 5.74) is 6.02. The van der Waals surface area contributed by atoms with Crippen LogP contribution in [0, 0.1) is 0 Å². The summed E-state index contributed by atoms with van der Waals surface area (Å²) in [5.74, 6) is 0.107. The molecule has 3 nitrogen and oxygen atoms in total. The molecule has 1 aromatic heterocycles. The quantitative estimate of drug-likeness (QED) is 0.548. The van der Waals surface area contributed by atoms with Crippen molar-refractivity contribution in [1.82, 2.24) is 4.98 Å². The van der Waals surface area contributed by atoms with Crippen LogP contribution in [-0.4, -0.2) is 10.1 Å². The second-order valence-corrected chi connectivity index (χ2v) is 2.60. The molecule has 0 aliphatic rings. The smallest absolute Gasteiger partial charge is 0.139 e. The minimum Gasteiger partial charge on any atom is -0.506 e. The molecule has 68 valence electrons. The highest BCUT2D eigenvalue weighted by molar-refractivity contribution is 8.93. The molecular weight excluding hydrogens is 232 g/mol. The Labute approximate surface area is 86.0 Å². The van der Waals surface area contributed by atoms with E-state index in [2.05, 4.69) is 4.98 Å². The van der Waals surface area contributed by atoms with Gasteiger partial charge in [0.15, 0.2) is 0 Å². The number of fused-ring (bicyclic) bond motifs is 1. The van der Waals surface area contributed by atoms with Gasteiger partial charge >= 0.3 is 0 Å². The number of aromatic nitrogens is 1. The second kappa shape index (κ2) is 3.62. The fraction of sp³-hybridized carbons (Fsp3) is 0. The lowest BCUT2D eigenvalue weighted by molar-refractivity contribution is 0.478. The minimum atomic E-state index is 0. The van der Waals surface area contributed by atoms with Gasteiger partial charge in [0.1, 0.15) is 5.75 Å². The van der Waals surface area contributed by atoms with Gasteiger partial charge in [-0.1, -0.05) is 6.07 Å². The van der Waals surface area contributed by atoms with E-state index in [9.17, 15) is 5.11 Å². The Balaban J connectivity index is 0.000000845. The Morgan fingerprint density at radius 1 is 1.23 bits per heavy atom. The molecule has 0 unspecified atom stereocenters. The van der Waals surface area contributed by atoms with Crippen molar-refractivity contribution in [3.8, 4) is 5.75 Å². The third-order valence-electron chi connectivity index (χ3n) is 1.84. The molecule has 0 fully saturated rings. The molecule has 13 heavy (non-hydrogen) atoms. The number of nitrogens with two attached hydrogens (primary N) is 1.